The standard InChI is InChI=1S/C31H31ClFN7O3/c1-19-36-37-29(38(19)2)17-40-27-14-21(31(41)42)7-9-26(27)34-28(40)16-39-12-10-20(11-13-39)25-4-3-5-30(35-25)43-18-22-6-8-23(32)15-24(22)33/h3-9,14-15,20H,10-13,16-18H2,1-2H3,(H,41,42). The number of halogens is 2. The summed E-state index contributed by atoms with van der Waals surface area (Å²) >= 11 is 5.85. The lowest BCUT2D eigenvalue weighted by molar-refractivity contribution is 0.0697. The number of nitrogens with zero attached hydrogens (tertiary/aromatic N) is 7. The zero-order valence-electron chi connectivity index (χ0n) is 23.9. The van der Waals surface area contributed by atoms with E-state index in [2.05, 4.69) is 15.1 Å². The van der Waals surface area contributed by atoms with Crippen LogP contribution in [0.15, 0.2) is 54.6 Å². The molecule has 222 valence electrons. The largest absolute Gasteiger partial charge is 0.478 e. The van der Waals surface area contributed by atoms with Gasteiger partial charge in [0, 0.05) is 35.3 Å². The predicted octanol–water partition coefficient (Wildman–Crippen LogP) is 5.37. The van der Waals surface area contributed by atoms with E-state index in [9.17, 15) is 14.3 Å². The molecule has 1 aliphatic rings. The van der Waals surface area contributed by atoms with E-state index in [0.717, 1.165) is 60.1 Å². The molecular weight excluding hydrogens is 573 g/mol. The number of pyridine rings is 1. The van der Waals surface area contributed by atoms with Crippen molar-refractivity contribution in [2.45, 2.75) is 45.4 Å². The molecule has 43 heavy (non-hydrogen) atoms. The van der Waals surface area contributed by atoms with Crippen molar-refractivity contribution in [1.29, 1.82) is 0 Å². The van der Waals surface area contributed by atoms with E-state index in [4.69, 9.17) is 26.3 Å². The Hall–Kier alpha value is -4.35. The number of carboxylic acids is 1. The van der Waals surface area contributed by atoms with Crippen LogP contribution < -0.4 is 4.74 Å². The Balaban J connectivity index is 1.15. The van der Waals surface area contributed by atoms with Crippen LogP contribution in [0.25, 0.3) is 11.0 Å². The minimum Gasteiger partial charge on any atom is -0.478 e. The average Bonchev–Trinajstić information content (AvgIpc) is 3.50. The van der Waals surface area contributed by atoms with E-state index >= 15 is 0 Å². The van der Waals surface area contributed by atoms with Gasteiger partial charge in [-0.3, -0.25) is 4.90 Å². The summed E-state index contributed by atoms with van der Waals surface area (Å²) in [5.41, 5.74) is 3.09. The summed E-state index contributed by atoms with van der Waals surface area (Å²) in [6, 6.07) is 15.3. The summed E-state index contributed by atoms with van der Waals surface area (Å²) in [6.45, 7) is 4.70. The second-order valence-corrected chi connectivity index (χ2v) is 11.3. The molecule has 6 rings (SSSR count). The van der Waals surface area contributed by atoms with Crippen LogP contribution in [0.5, 0.6) is 5.88 Å². The Bertz CT molecular complexity index is 1800. The number of imidazole rings is 1. The van der Waals surface area contributed by atoms with E-state index < -0.39 is 11.8 Å². The van der Waals surface area contributed by atoms with Crippen molar-refractivity contribution in [2.24, 2.45) is 7.05 Å². The van der Waals surface area contributed by atoms with Crippen LogP contribution in [0.2, 0.25) is 5.02 Å². The molecule has 5 aromatic rings. The molecular formula is C31H31ClFN7O3. The third-order valence-electron chi connectivity index (χ3n) is 8.06. The highest BCUT2D eigenvalue weighted by Gasteiger charge is 2.24. The number of hydrogen-bond donors (Lipinski definition) is 1. The van der Waals surface area contributed by atoms with Gasteiger partial charge in [0.15, 0.2) is 5.82 Å². The monoisotopic (exact) mass is 603 g/mol. The lowest BCUT2D eigenvalue weighted by Gasteiger charge is -2.31. The highest BCUT2D eigenvalue weighted by atomic mass is 35.5. The van der Waals surface area contributed by atoms with Crippen LogP contribution in [0.1, 0.15) is 57.8 Å². The fraction of sp³-hybridized carbons (Fsp3) is 0.323. The second-order valence-electron chi connectivity index (χ2n) is 10.8. The minimum absolute atomic E-state index is 0.0702. The van der Waals surface area contributed by atoms with Crippen LogP contribution in [0, 0.1) is 12.7 Å². The summed E-state index contributed by atoms with van der Waals surface area (Å²) in [5, 5.41) is 18.4. The molecule has 1 aliphatic heterocycles. The maximum atomic E-state index is 14.2. The topological polar surface area (TPSA) is 111 Å². The molecule has 0 aliphatic carbocycles. The number of aromatic carboxylic acids is 1. The number of rotatable bonds is 9. The fourth-order valence-corrected chi connectivity index (χ4v) is 5.61. The van der Waals surface area contributed by atoms with Gasteiger partial charge in [-0.2, -0.15) is 0 Å². The smallest absolute Gasteiger partial charge is 0.335 e. The van der Waals surface area contributed by atoms with E-state index in [1.54, 1.807) is 36.4 Å². The van der Waals surface area contributed by atoms with Crippen molar-refractivity contribution < 1.29 is 19.0 Å². The highest BCUT2D eigenvalue weighted by molar-refractivity contribution is 6.30. The summed E-state index contributed by atoms with van der Waals surface area (Å²) in [5.74, 6) is 1.76. The van der Waals surface area contributed by atoms with E-state index in [1.165, 1.54) is 6.07 Å². The first-order chi connectivity index (χ1) is 20.7. The van der Waals surface area contributed by atoms with Gasteiger partial charge in [-0.25, -0.2) is 19.2 Å². The number of aromatic nitrogens is 6. The first kappa shape index (κ1) is 28.8. The van der Waals surface area contributed by atoms with E-state index in [-0.39, 0.29) is 18.1 Å². The Labute approximate surface area is 252 Å². The first-order valence-corrected chi connectivity index (χ1v) is 14.5. The van der Waals surface area contributed by atoms with Crippen molar-refractivity contribution in [3.8, 4) is 5.88 Å². The minimum atomic E-state index is -0.979. The molecule has 1 N–H and O–H groups in total. The van der Waals surface area contributed by atoms with Crippen LogP contribution in [-0.2, 0) is 26.7 Å². The van der Waals surface area contributed by atoms with Crippen molar-refractivity contribution >= 4 is 28.6 Å². The number of ether oxygens (including phenoxy) is 1. The van der Waals surface area contributed by atoms with Crippen LogP contribution in [-0.4, -0.2) is 58.4 Å². The van der Waals surface area contributed by atoms with Crippen molar-refractivity contribution in [3.05, 3.63) is 99.7 Å². The molecule has 0 atom stereocenters. The molecule has 12 heteroatoms. The van der Waals surface area contributed by atoms with Gasteiger partial charge >= 0.3 is 5.97 Å². The number of benzene rings is 2. The molecule has 0 unspecified atom stereocenters. The van der Waals surface area contributed by atoms with Crippen LogP contribution in [0.4, 0.5) is 4.39 Å². The molecule has 0 spiro atoms. The summed E-state index contributed by atoms with van der Waals surface area (Å²) in [4.78, 5) is 23.7. The molecule has 0 bridgehead atoms. The van der Waals surface area contributed by atoms with Gasteiger partial charge in [0.1, 0.15) is 24.1 Å². The number of likely N-dealkylation sites (tertiary alicyclic amines) is 1. The Morgan fingerprint density at radius 3 is 2.58 bits per heavy atom. The summed E-state index contributed by atoms with van der Waals surface area (Å²) < 4.78 is 23.9. The van der Waals surface area contributed by atoms with Gasteiger partial charge in [0.05, 0.1) is 29.7 Å². The van der Waals surface area contributed by atoms with Crippen molar-refractivity contribution in [1.82, 2.24) is 34.2 Å². The quantitative estimate of drug-likeness (QED) is 0.240. The predicted molar refractivity (Wildman–Crippen MR) is 159 cm³/mol. The number of aryl methyl sites for hydroxylation is 1. The van der Waals surface area contributed by atoms with Gasteiger partial charge < -0.3 is 19.0 Å². The zero-order valence-corrected chi connectivity index (χ0v) is 24.6. The number of hydrogen-bond acceptors (Lipinski definition) is 7. The van der Waals surface area contributed by atoms with E-state index in [0.29, 0.717) is 29.6 Å². The van der Waals surface area contributed by atoms with E-state index in [1.807, 2.05) is 35.2 Å². The Kier molecular flexibility index (Phi) is 8.09. The van der Waals surface area contributed by atoms with Gasteiger partial charge in [-0.05, 0) is 69.3 Å². The number of piperidine rings is 1. The zero-order chi connectivity index (χ0) is 30.1. The van der Waals surface area contributed by atoms with Gasteiger partial charge in [0.25, 0.3) is 0 Å². The lowest BCUT2D eigenvalue weighted by atomic mass is 9.93. The molecule has 1 fully saturated rings. The third kappa shape index (κ3) is 6.23. The van der Waals surface area contributed by atoms with Crippen molar-refractivity contribution in [3.63, 3.8) is 0 Å². The maximum absolute atomic E-state index is 14.2. The second kappa shape index (κ2) is 12.1. The molecule has 0 saturated carbocycles. The normalized spacial score (nSPS) is 14.4. The molecule has 4 heterocycles. The Morgan fingerprint density at radius 2 is 1.86 bits per heavy atom. The lowest BCUT2D eigenvalue weighted by Crippen LogP contribution is -2.33. The Morgan fingerprint density at radius 1 is 1.05 bits per heavy atom. The SMILES string of the molecule is Cc1nnc(Cn2c(CN3CCC(c4cccc(OCc5ccc(Cl)cc5F)n4)CC3)nc3ccc(C(=O)O)cc32)n1C. The number of carbonyl (C=O) groups is 1. The van der Waals surface area contributed by atoms with Gasteiger partial charge in [-0.1, -0.05) is 23.7 Å². The molecule has 1 saturated heterocycles. The van der Waals surface area contributed by atoms with Crippen LogP contribution >= 0.6 is 11.6 Å². The maximum Gasteiger partial charge on any atom is 0.335 e. The first-order valence-electron chi connectivity index (χ1n) is 14.1. The summed E-state index contributed by atoms with van der Waals surface area (Å²) in [6.07, 6.45) is 1.82. The molecule has 2 aromatic carbocycles. The average molecular weight is 604 g/mol. The fourth-order valence-electron chi connectivity index (χ4n) is 5.45. The number of fused-ring (bicyclic) bond motifs is 1. The number of carboxylic acid groups (broad SMARTS) is 1. The van der Waals surface area contributed by atoms with Crippen LogP contribution in [0.3, 0.4) is 0 Å². The van der Waals surface area contributed by atoms with Gasteiger partial charge in [0.2, 0.25) is 5.88 Å². The molecule has 3 aromatic heterocycles. The summed E-state index contributed by atoms with van der Waals surface area (Å²) in [7, 11) is 1.92. The molecule has 10 nitrogen and oxygen atoms in total. The van der Waals surface area contributed by atoms with Gasteiger partial charge in [-0.15, -0.1) is 10.2 Å². The molecule has 0 amide bonds. The highest BCUT2D eigenvalue weighted by Crippen LogP contribution is 2.30. The third-order valence-corrected chi connectivity index (χ3v) is 8.30. The van der Waals surface area contributed by atoms with Crippen molar-refractivity contribution in [2.75, 3.05) is 13.1 Å². The molecule has 0 radical (unpaired) electrons.